The summed E-state index contributed by atoms with van der Waals surface area (Å²) in [7, 11) is -3.13. The van der Waals surface area contributed by atoms with Crippen molar-refractivity contribution in [2.24, 2.45) is 17.9 Å². The van der Waals surface area contributed by atoms with Gasteiger partial charge < -0.3 is 31.5 Å². The van der Waals surface area contributed by atoms with E-state index in [2.05, 4.69) is 19.7 Å². The molecule has 20 heteroatoms. The van der Waals surface area contributed by atoms with E-state index in [1.807, 2.05) is 29.5 Å². The van der Waals surface area contributed by atoms with Gasteiger partial charge in [0, 0.05) is 5.38 Å². The minimum atomic E-state index is -5.01. The Morgan fingerprint density at radius 1 is 1.34 bits per heavy atom. The molecule has 1 aliphatic heterocycles. The van der Waals surface area contributed by atoms with Gasteiger partial charge in [0.2, 0.25) is 6.20 Å². The smallest absolute Gasteiger partial charge is 0.418 e. The maximum Gasteiger partial charge on any atom is 0.418 e. The van der Waals surface area contributed by atoms with Crippen molar-refractivity contribution >= 4 is 61.3 Å². The van der Waals surface area contributed by atoms with E-state index >= 15 is 0 Å². The van der Waals surface area contributed by atoms with Crippen molar-refractivity contribution in [2.75, 3.05) is 12.3 Å². The number of amides is 2. The number of thiazole rings is 1. The number of rotatable bonds is 13. The molecule has 7 N–H and O–H groups in total. The highest BCUT2D eigenvalue weighted by molar-refractivity contribution is 7.80. The monoisotopic (exact) mass is 655 g/mol. The van der Waals surface area contributed by atoms with Gasteiger partial charge in [-0.25, -0.2) is 9.78 Å². The molecule has 3 aromatic rings. The van der Waals surface area contributed by atoms with Gasteiger partial charge in [-0.05, 0) is 39.0 Å². The van der Waals surface area contributed by atoms with Crippen LogP contribution in [0, 0.1) is 0 Å². The van der Waals surface area contributed by atoms with E-state index in [-0.39, 0.29) is 16.9 Å². The summed E-state index contributed by atoms with van der Waals surface area (Å²) in [4.78, 5) is 46.8. The van der Waals surface area contributed by atoms with Gasteiger partial charge in [0.1, 0.15) is 29.6 Å². The highest BCUT2D eigenvalue weighted by Crippen LogP contribution is 2.33. The third kappa shape index (κ3) is 7.05. The molecule has 1 aliphatic rings. The summed E-state index contributed by atoms with van der Waals surface area (Å²) in [5.74, 6) is -3.11. The molecule has 0 bridgehead atoms. The van der Waals surface area contributed by atoms with Gasteiger partial charge >= 0.3 is 16.4 Å². The summed E-state index contributed by atoms with van der Waals surface area (Å²) in [6.45, 7) is 4.69. The number of carboxylic acids is 1. The van der Waals surface area contributed by atoms with Crippen LogP contribution in [0.2, 0.25) is 0 Å². The summed E-state index contributed by atoms with van der Waals surface area (Å²) in [5.41, 5.74) is 10.5. The Bertz CT molecular complexity index is 1730. The molecule has 2 aromatic heterocycles. The average Bonchev–Trinajstić information content (AvgIpc) is 3.48. The lowest BCUT2D eigenvalue weighted by Gasteiger charge is -2.50. The molecule has 2 amide bonds. The first-order chi connectivity index (χ1) is 20.5. The molecule has 2 unspecified atom stereocenters. The second-order valence-electron chi connectivity index (χ2n) is 10.4. The van der Waals surface area contributed by atoms with E-state index in [0.717, 1.165) is 22.2 Å². The first-order valence-electron chi connectivity index (χ1n) is 12.9. The van der Waals surface area contributed by atoms with Gasteiger partial charge in [-0.3, -0.25) is 14.1 Å². The maximum absolute atomic E-state index is 13.2. The number of oxime groups is 1. The van der Waals surface area contributed by atoms with Gasteiger partial charge in [0.05, 0.1) is 24.0 Å². The van der Waals surface area contributed by atoms with Crippen LogP contribution in [-0.4, -0.2) is 86.6 Å². The molecule has 3 heterocycles. The molecule has 0 radical (unpaired) electrons. The molecule has 4 rings (SSSR count). The number of aromatic nitrogens is 3. The van der Waals surface area contributed by atoms with Crippen molar-refractivity contribution in [3.63, 3.8) is 0 Å². The van der Waals surface area contributed by atoms with Crippen molar-refractivity contribution in [1.82, 2.24) is 20.0 Å². The number of hydrogen-bond acceptors (Lipinski definition) is 13. The molecule has 44 heavy (non-hydrogen) atoms. The Kier molecular flexibility index (Phi) is 9.11. The van der Waals surface area contributed by atoms with Crippen LogP contribution in [0.1, 0.15) is 26.5 Å². The molecular weight excluding hydrogens is 624 g/mol. The molecule has 1 fully saturated rings. The van der Waals surface area contributed by atoms with E-state index in [4.69, 9.17) is 25.6 Å². The summed E-state index contributed by atoms with van der Waals surface area (Å²) >= 11 is 0.960. The number of fused-ring (bicyclic) bond motifs is 1. The number of carbonyl (C=O) groups excluding carboxylic acids is 2. The van der Waals surface area contributed by atoms with E-state index < -0.39 is 58.2 Å². The van der Waals surface area contributed by atoms with Gasteiger partial charge in [-0.15, -0.1) is 20.3 Å². The van der Waals surface area contributed by atoms with Crippen molar-refractivity contribution < 1.29 is 51.0 Å². The van der Waals surface area contributed by atoms with Crippen molar-refractivity contribution in [3.8, 4) is 5.75 Å². The molecule has 1 aromatic carbocycles. The quantitative estimate of drug-likeness (QED) is 0.0485. The van der Waals surface area contributed by atoms with E-state index in [1.165, 1.54) is 19.2 Å². The second-order valence-corrected chi connectivity index (χ2v) is 12.3. The van der Waals surface area contributed by atoms with Gasteiger partial charge in [-0.1, -0.05) is 5.16 Å². The number of aryl methyl sites for hydroxylation is 1. The zero-order valence-corrected chi connectivity index (χ0v) is 25.5. The maximum atomic E-state index is 13.2. The molecule has 0 saturated carbocycles. The number of carbonyl (C=O) groups is 3. The normalized spacial score (nSPS) is 18.0. The lowest BCUT2D eigenvalue weighted by molar-refractivity contribution is -0.772. The van der Waals surface area contributed by atoms with Crippen molar-refractivity contribution in [2.45, 2.75) is 51.0 Å². The number of ether oxygens (including phenoxy) is 1. The Morgan fingerprint density at radius 3 is 2.61 bits per heavy atom. The fourth-order valence-corrected chi connectivity index (χ4v) is 5.33. The van der Waals surface area contributed by atoms with Crippen LogP contribution in [0.4, 0.5) is 5.13 Å². The number of aliphatic carboxylic acids is 1. The number of hydroxylamine groups is 2. The number of benzene rings is 1. The number of hydrogen-bond donors (Lipinski definition) is 5. The van der Waals surface area contributed by atoms with Crippen LogP contribution in [0.25, 0.3) is 10.9 Å². The fraction of sp³-hybridized carbons (Fsp3) is 0.417. The minimum absolute atomic E-state index is 0.0601. The highest BCUT2D eigenvalue weighted by atomic mass is 32.3. The lowest BCUT2D eigenvalue weighted by Crippen LogP contribution is -2.76. The predicted octanol–water partition coefficient (Wildman–Crippen LogP) is -1.06. The zero-order valence-electron chi connectivity index (χ0n) is 23.9. The number of nitrogen functional groups attached to an aromatic ring is 1. The van der Waals surface area contributed by atoms with Crippen LogP contribution in [-0.2, 0) is 47.5 Å². The standard InChI is InChI=1S/C24H30N8O10S2/c1-12(25)8-31-9-13-7-14(5-6-16(13)30(31)4)40-10-17(22(35)36)41-29-18(15-11-43-23(26)27-15)20(33)28-19-21(34)32(24(19,2)3)42-44(37,38)39/h5-7,9,11-12,17,19H,8,10,25H2,1-4H3,(H4-,26,27,28,33,35,36,37,38,39)/p+1/b29-18-/t12?,17-,19?/m0/s1. The summed E-state index contributed by atoms with van der Waals surface area (Å²) in [5, 5.41) is 18.4. The number of nitrogens with zero attached hydrogens (tertiary/aromatic N) is 5. The van der Waals surface area contributed by atoms with Crippen molar-refractivity contribution in [3.05, 3.63) is 35.5 Å². The molecule has 3 atom stereocenters. The van der Waals surface area contributed by atoms with Gasteiger partial charge in [0.25, 0.3) is 17.9 Å². The van der Waals surface area contributed by atoms with E-state index in [0.29, 0.717) is 17.4 Å². The number of β-lactam (4-membered cyclic amide) rings is 1. The summed E-state index contributed by atoms with van der Waals surface area (Å²) < 4.78 is 44.9. The van der Waals surface area contributed by atoms with Crippen LogP contribution in [0.3, 0.4) is 0 Å². The second kappa shape index (κ2) is 12.3. The van der Waals surface area contributed by atoms with Crippen LogP contribution in [0.15, 0.2) is 34.9 Å². The number of nitrogens with two attached hydrogens (primary N) is 2. The molecule has 18 nitrogen and oxygen atoms in total. The van der Waals surface area contributed by atoms with E-state index in [1.54, 1.807) is 18.2 Å². The average molecular weight is 656 g/mol. The first kappa shape index (κ1) is 32.5. The van der Waals surface area contributed by atoms with Crippen LogP contribution in [0.5, 0.6) is 5.75 Å². The lowest BCUT2D eigenvalue weighted by atomic mass is 9.84. The topological polar surface area (TPSA) is 255 Å². The molecule has 0 aliphatic carbocycles. The first-order valence-corrected chi connectivity index (χ1v) is 15.1. The molecule has 0 spiro atoms. The fourth-order valence-electron chi connectivity index (χ4n) is 4.33. The zero-order chi connectivity index (χ0) is 32.6. The number of anilines is 1. The van der Waals surface area contributed by atoms with Crippen molar-refractivity contribution in [1.29, 1.82) is 0 Å². The summed E-state index contributed by atoms with van der Waals surface area (Å²) in [6, 6.07) is 3.78. The Labute approximate surface area is 254 Å². The third-order valence-electron chi connectivity index (χ3n) is 6.54. The Hall–Kier alpha value is -4.37. The number of nitrogens with one attached hydrogen (secondary N) is 1. The van der Waals surface area contributed by atoms with Crippen LogP contribution < -0.4 is 26.2 Å². The SMILES string of the molecule is CC(N)C[n+]1cc2cc(OC[C@H](O/N=C(\C(=O)NC3C(=O)N(OS(=O)(=O)O)C3(C)C)c3csc(N)n3)C(=O)O)ccc2n1C. The van der Waals surface area contributed by atoms with E-state index in [9.17, 15) is 27.9 Å². The third-order valence-corrected chi connectivity index (χ3v) is 7.56. The number of carboxylic acid groups (broad SMARTS) is 1. The highest BCUT2D eigenvalue weighted by Gasteiger charge is 2.58. The van der Waals surface area contributed by atoms with Gasteiger partial charge in [0.15, 0.2) is 17.4 Å². The molecular formula is C24H31N8O10S2+. The Morgan fingerprint density at radius 2 is 2.05 bits per heavy atom. The van der Waals surface area contributed by atoms with Gasteiger partial charge in [-0.2, -0.15) is 18.2 Å². The minimum Gasteiger partial charge on any atom is -0.489 e. The predicted molar refractivity (Wildman–Crippen MR) is 153 cm³/mol. The summed E-state index contributed by atoms with van der Waals surface area (Å²) in [6.07, 6.45) is 0.205. The molecule has 238 valence electrons. The largest absolute Gasteiger partial charge is 0.489 e. The molecule has 1 saturated heterocycles. The Balaban J connectivity index is 1.50. The van der Waals surface area contributed by atoms with Crippen LogP contribution >= 0.6 is 11.3 Å².